The molecule has 1 atom stereocenters. The van der Waals surface area contributed by atoms with E-state index in [1.165, 1.54) is 49.6 Å². The maximum atomic E-state index is 13.2. The molecule has 0 bridgehead atoms. The van der Waals surface area contributed by atoms with E-state index in [1.54, 1.807) is 13.1 Å². The molecule has 1 aliphatic rings. The molecule has 0 spiro atoms. The highest BCUT2D eigenvalue weighted by molar-refractivity contribution is 5.93. The number of hydrogen-bond donors (Lipinski definition) is 3. The van der Waals surface area contributed by atoms with Gasteiger partial charge in [0.15, 0.2) is 13.1 Å². The Morgan fingerprint density at radius 1 is 0.900 bits per heavy atom. The Balaban J connectivity index is 1.44. The van der Waals surface area contributed by atoms with Gasteiger partial charge in [-0.2, -0.15) is 0 Å². The van der Waals surface area contributed by atoms with Crippen molar-refractivity contribution in [2.24, 2.45) is 0 Å². The van der Waals surface area contributed by atoms with Crippen molar-refractivity contribution in [3.63, 3.8) is 0 Å². The van der Waals surface area contributed by atoms with Crippen LogP contribution in [0.15, 0.2) is 48.5 Å². The zero-order chi connectivity index (χ0) is 21.3. The highest BCUT2D eigenvalue weighted by atomic mass is 19.1. The number of quaternary nitrogens is 1. The lowest BCUT2D eigenvalue weighted by Crippen LogP contribution is -3.11. The van der Waals surface area contributed by atoms with E-state index < -0.39 is 5.82 Å². The fourth-order valence-corrected chi connectivity index (χ4v) is 3.67. The Hall–Kier alpha value is -2.93. The summed E-state index contributed by atoms with van der Waals surface area (Å²) < 4.78 is 13.2. The van der Waals surface area contributed by atoms with Crippen molar-refractivity contribution in [2.75, 3.05) is 48.8 Å². The third kappa shape index (κ3) is 6.84. The molecule has 2 aromatic rings. The highest BCUT2D eigenvalue weighted by Crippen LogP contribution is 2.21. The summed E-state index contributed by atoms with van der Waals surface area (Å²) in [4.78, 5) is 27.5. The van der Waals surface area contributed by atoms with Crippen LogP contribution in [0.2, 0.25) is 0 Å². The Morgan fingerprint density at radius 2 is 1.50 bits per heavy atom. The van der Waals surface area contributed by atoms with Gasteiger partial charge in [0.05, 0.1) is 7.05 Å². The number of amides is 2. The van der Waals surface area contributed by atoms with Crippen molar-refractivity contribution in [2.45, 2.75) is 25.7 Å². The molecule has 0 saturated carbocycles. The average Bonchev–Trinajstić information content (AvgIpc) is 2.97. The monoisotopic (exact) mass is 413 g/mol. The second-order valence-electron chi connectivity index (χ2n) is 7.87. The molecule has 30 heavy (non-hydrogen) atoms. The van der Waals surface area contributed by atoms with Gasteiger partial charge in [0.2, 0.25) is 0 Å². The molecule has 1 fully saturated rings. The first-order valence-corrected chi connectivity index (χ1v) is 10.5. The zero-order valence-corrected chi connectivity index (χ0v) is 17.4. The molecule has 1 unspecified atom stereocenters. The molecule has 3 rings (SSSR count). The van der Waals surface area contributed by atoms with Gasteiger partial charge in [0, 0.05) is 30.2 Å². The van der Waals surface area contributed by atoms with E-state index in [2.05, 4.69) is 15.5 Å². The molecule has 160 valence electrons. The average molecular weight is 414 g/mol. The number of hydrogen-bond acceptors (Lipinski definition) is 3. The zero-order valence-electron chi connectivity index (χ0n) is 17.4. The summed E-state index contributed by atoms with van der Waals surface area (Å²) in [6, 6.07) is 13.7. The molecule has 1 aliphatic heterocycles. The molecule has 1 saturated heterocycles. The number of carbonyl (C=O) groups excluding carboxylic acids is 2. The first kappa shape index (κ1) is 21.8. The lowest BCUT2D eigenvalue weighted by Gasteiger charge is -2.22. The predicted molar refractivity (Wildman–Crippen MR) is 117 cm³/mol. The second-order valence-corrected chi connectivity index (χ2v) is 7.87. The van der Waals surface area contributed by atoms with Crippen LogP contribution >= 0.6 is 0 Å². The van der Waals surface area contributed by atoms with Gasteiger partial charge in [0.1, 0.15) is 5.82 Å². The molecular weight excluding hydrogens is 383 g/mol. The van der Waals surface area contributed by atoms with Crippen molar-refractivity contribution >= 4 is 28.9 Å². The van der Waals surface area contributed by atoms with Crippen LogP contribution in [0.4, 0.5) is 21.5 Å². The minimum absolute atomic E-state index is 0.109. The number of halogens is 1. The minimum Gasteiger partial charge on any atom is -0.372 e. The highest BCUT2D eigenvalue weighted by Gasteiger charge is 2.15. The summed E-state index contributed by atoms with van der Waals surface area (Å²) in [7, 11) is 1.77. The maximum Gasteiger partial charge on any atom is 0.279 e. The molecule has 7 heteroatoms. The molecule has 1 heterocycles. The Labute approximate surface area is 177 Å². The van der Waals surface area contributed by atoms with Crippen LogP contribution in [0.25, 0.3) is 0 Å². The van der Waals surface area contributed by atoms with Crippen molar-refractivity contribution < 1.29 is 18.9 Å². The summed E-state index contributed by atoms with van der Waals surface area (Å²) in [5.41, 5.74) is 2.34. The van der Waals surface area contributed by atoms with Gasteiger partial charge in [-0.05, 0) is 55.3 Å². The normalized spacial score (nSPS) is 15.2. The number of benzene rings is 2. The van der Waals surface area contributed by atoms with Crippen molar-refractivity contribution in [1.29, 1.82) is 0 Å². The van der Waals surface area contributed by atoms with Crippen LogP contribution in [-0.4, -0.2) is 45.0 Å². The fourth-order valence-electron chi connectivity index (χ4n) is 3.67. The number of carbonyl (C=O) groups is 2. The number of anilines is 3. The van der Waals surface area contributed by atoms with E-state index in [4.69, 9.17) is 0 Å². The van der Waals surface area contributed by atoms with Gasteiger partial charge in [-0.15, -0.1) is 0 Å². The third-order valence-electron chi connectivity index (χ3n) is 5.16. The van der Waals surface area contributed by atoms with Crippen LogP contribution in [0.5, 0.6) is 0 Å². The van der Waals surface area contributed by atoms with Crippen LogP contribution in [0.3, 0.4) is 0 Å². The SMILES string of the molecule is C[NH+](CC(=O)Nc1ccc(N2CCCCCC2)cc1)CC(=O)Nc1cccc(F)c1. The quantitative estimate of drug-likeness (QED) is 0.653. The second kappa shape index (κ2) is 10.7. The van der Waals surface area contributed by atoms with Gasteiger partial charge >= 0.3 is 0 Å². The lowest BCUT2D eigenvalue weighted by atomic mass is 10.2. The van der Waals surface area contributed by atoms with E-state index in [0.29, 0.717) is 5.69 Å². The number of likely N-dealkylation sites (N-methyl/N-ethyl adjacent to an activating group) is 1. The maximum absolute atomic E-state index is 13.2. The predicted octanol–water partition coefficient (Wildman–Crippen LogP) is 2.30. The molecular formula is C23H30FN4O2+. The van der Waals surface area contributed by atoms with Gasteiger partial charge < -0.3 is 20.4 Å². The number of nitrogens with zero attached hydrogens (tertiary/aromatic N) is 1. The topological polar surface area (TPSA) is 65.9 Å². The summed E-state index contributed by atoms with van der Waals surface area (Å²) >= 11 is 0. The van der Waals surface area contributed by atoms with Gasteiger partial charge in [0.25, 0.3) is 11.8 Å². The van der Waals surface area contributed by atoms with Crippen molar-refractivity contribution in [3.8, 4) is 0 Å². The molecule has 2 amide bonds. The third-order valence-corrected chi connectivity index (χ3v) is 5.16. The molecule has 3 N–H and O–H groups in total. The number of nitrogens with one attached hydrogen (secondary N) is 3. The lowest BCUT2D eigenvalue weighted by molar-refractivity contribution is -0.862. The first-order chi connectivity index (χ1) is 14.5. The van der Waals surface area contributed by atoms with E-state index in [1.807, 2.05) is 24.3 Å². The first-order valence-electron chi connectivity index (χ1n) is 10.5. The minimum atomic E-state index is -0.408. The summed E-state index contributed by atoms with van der Waals surface area (Å²) in [5, 5.41) is 5.53. The molecule has 0 aromatic heterocycles. The van der Waals surface area contributed by atoms with E-state index in [-0.39, 0.29) is 24.9 Å². The van der Waals surface area contributed by atoms with E-state index >= 15 is 0 Å². The molecule has 2 aromatic carbocycles. The van der Waals surface area contributed by atoms with E-state index in [9.17, 15) is 14.0 Å². The standard InChI is InChI=1S/C23H29FN4O2/c1-27(17-23(30)26-20-8-6-7-18(24)15-20)16-22(29)25-19-9-11-21(12-10-19)28-13-4-2-3-5-14-28/h6-12,15H,2-5,13-14,16-17H2,1H3,(H,25,29)(H,26,30)/p+1. The molecule has 0 aliphatic carbocycles. The Morgan fingerprint density at radius 3 is 2.10 bits per heavy atom. The smallest absolute Gasteiger partial charge is 0.279 e. The summed E-state index contributed by atoms with van der Waals surface area (Å²) in [5.74, 6) is -0.837. The summed E-state index contributed by atoms with van der Waals surface area (Å²) in [6.07, 6.45) is 5.03. The Bertz CT molecular complexity index is 849. The van der Waals surface area contributed by atoms with Crippen LogP contribution in [0, 0.1) is 5.82 Å². The summed E-state index contributed by atoms with van der Waals surface area (Å²) in [6.45, 7) is 2.43. The molecule has 6 nitrogen and oxygen atoms in total. The van der Waals surface area contributed by atoms with Crippen molar-refractivity contribution in [3.05, 3.63) is 54.3 Å². The van der Waals surface area contributed by atoms with Crippen LogP contribution in [0.1, 0.15) is 25.7 Å². The number of rotatable bonds is 7. The Kier molecular flexibility index (Phi) is 7.79. The fraction of sp³-hybridized carbons (Fsp3) is 0.391. The largest absolute Gasteiger partial charge is 0.372 e. The van der Waals surface area contributed by atoms with Crippen LogP contribution in [-0.2, 0) is 9.59 Å². The van der Waals surface area contributed by atoms with Gasteiger partial charge in [-0.3, -0.25) is 9.59 Å². The molecule has 0 radical (unpaired) electrons. The van der Waals surface area contributed by atoms with Gasteiger partial charge in [-0.1, -0.05) is 18.9 Å². The van der Waals surface area contributed by atoms with Crippen molar-refractivity contribution in [1.82, 2.24) is 0 Å². The van der Waals surface area contributed by atoms with Crippen LogP contribution < -0.4 is 20.4 Å². The van der Waals surface area contributed by atoms with E-state index in [0.717, 1.165) is 23.7 Å². The van der Waals surface area contributed by atoms with Gasteiger partial charge in [-0.25, -0.2) is 4.39 Å².